The molecule has 1 unspecified atom stereocenters. The molecular formula is C13H15N3O2. The topological polar surface area (TPSA) is 66.6 Å². The molecule has 1 aromatic carbocycles. The van der Waals surface area contributed by atoms with Gasteiger partial charge in [0.2, 0.25) is 5.90 Å². The average Bonchev–Trinajstić information content (AvgIpc) is 2.75. The van der Waals surface area contributed by atoms with E-state index in [1.807, 2.05) is 26.8 Å². The highest BCUT2D eigenvalue weighted by atomic mass is 16.7. The van der Waals surface area contributed by atoms with Gasteiger partial charge in [-0.05, 0) is 39.0 Å². The highest BCUT2D eigenvalue weighted by Crippen LogP contribution is 2.22. The fraction of sp³-hybridized carbons (Fsp3) is 0.385. The van der Waals surface area contributed by atoms with Crippen LogP contribution in [-0.2, 0) is 4.84 Å². The van der Waals surface area contributed by atoms with E-state index in [1.165, 1.54) is 0 Å². The van der Waals surface area contributed by atoms with Crippen LogP contribution in [-0.4, -0.2) is 18.2 Å². The molecule has 1 atom stereocenters. The van der Waals surface area contributed by atoms with E-state index < -0.39 is 0 Å². The molecular weight excluding hydrogens is 230 g/mol. The summed E-state index contributed by atoms with van der Waals surface area (Å²) in [5.74, 6) is 1.07. The molecule has 18 heavy (non-hydrogen) atoms. The number of aliphatic imine (C=N–C) groups is 1. The van der Waals surface area contributed by atoms with Gasteiger partial charge in [-0.25, -0.2) is 4.99 Å². The van der Waals surface area contributed by atoms with E-state index in [4.69, 9.17) is 14.8 Å². The van der Waals surface area contributed by atoms with E-state index in [0.717, 1.165) is 5.56 Å². The van der Waals surface area contributed by atoms with Gasteiger partial charge in [-0.2, -0.15) is 5.26 Å². The van der Waals surface area contributed by atoms with Crippen LogP contribution >= 0.6 is 0 Å². The van der Waals surface area contributed by atoms with E-state index in [9.17, 15) is 0 Å². The molecule has 2 rings (SSSR count). The second-order valence-electron chi connectivity index (χ2n) is 4.32. The van der Waals surface area contributed by atoms with Gasteiger partial charge in [-0.1, -0.05) is 0 Å². The van der Waals surface area contributed by atoms with Crippen LogP contribution in [0.3, 0.4) is 0 Å². The Morgan fingerprint density at radius 1 is 1.50 bits per heavy atom. The maximum absolute atomic E-state index is 9.12. The van der Waals surface area contributed by atoms with Crippen LogP contribution in [0.5, 0.6) is 5.75 Å². The molecule has 1 N–H and O–H groups in total. The molecule has 0 bridgehead atoms. The summed E-state index contributed by atoms with van der Waals surface area (Å²) >= 11 is 0. The summed E-state index contributed by atoms with van der Waals surface area (Å²) in [4.78, 5) is 9.48. The molecule has 0 amide bonds. The average molecular weight is 245 g/mol. The Hall–Kier alpha value is -2.06. The van der Waals surface area contributed by atoms with E-state index in [2.05, 4.69) is 16.5 Å². The van der Waals surface area contributed by atoms with Crippen molar-refractivity contribution >= 4 is 5.90 Å². The van der Waals surface area contributed by atoms with Crippen molar-refractivity contribution in [3.05, 3.63) is 29.3 Å². The first-order chi connectivity index (χ1) is 8.60. The number of hydroxylamine groups is 1. The lowest BCUT2D eigenvalue weighted by Gasteiger charge is -2.11. The maximum atomic E-state index is 9.12. The monoisotopic (exact) mass is 245 g/mol. The van der Waals surface area contributed by atoms with Crippen LogP contribution in [0.2, 0.25) is 0 Å². The zero-order valence-corrected chi connectivity index (χ0v) is 10.6. The molecule has 1 aromatic rings. The third kappa shape index (κ3) is 2.60. The van der Waals surface area contributed by atoms with Crippen molar-refractivity contribution in [3.63, 3.8) is 0 Å². The summed E-state index contributed by atoms with van der Waals surface area (Å²) in [6, 6.07) is 7.44. The van der Waals surface area contributed by atoms with Crippen LogP contribution in [0, 0.1) is 11.3 Å². The van der Waals surface area contributed by atoms with E-state index in [1.54, 1.807) is 12.1 Å². The van der Waals surface area contributed by atoms with Crippen LogP contribution in [0.15, 0.2) is 23.2 Å². The van der Waals surface area contributed by atoms with Gasteiger partial charge in [0.15, 0.2) is 0 Å². The molecule has 94 valence electrons. The fourth-order valence-electron chi connectivity index (χ4n) is 1.61. The van der Waals surface area contributed by atoms with Crippen molar-refractivity contribution in [3.8, 4) is 11.8 Å². The number of hydrogen-bond acceptors (Lipinski definition) is 5. The largest absolute Gasteiger partial charge is 0.490 e. The minimum atomic E-state index is -0.0721. The van der Waals surface area contributed by atoms with Gasteiger partial charge in [0.1, 0.15) is 18.0 Å². The minimum Gasteiger partial charge on any atom is -0.490 e. The predicted molar refractivity (Wildman–Crippen MR) is 67.1 cm³/mol. The SMILES string of the molecule is CC1N=C(c2ccc(OC(C)C)c(C#N)c2)ON1. The normalized spacial score (nSPS) is 18.2. The Labute approximate surface area is 106 Å². The van der Waals surface area contributed by atoms with Crippen LogP contribution < -0.4 is 10.2 Å². The predicted octanol–water partition coefficient (Wildman–Crippen LogP) is 1.97. The lowest BCUT2D eigenvalue weighted by atomic mass is 10.1. The highest BCUT2D eigenvalue weighted by Gasteiger charge is 2.17. The van der Waals surface area contributed by atoms with Gasteiger partial charge in [0.05, 0.1) is 11.7 Å². The van der Waals surface area contributed by atoms with Gasteiger partial charge in [0.25, 0.3) is 0 Å². The molecule has 1 aliphatic heterocycles. The van der Waals surface area contributed by atoms with Crippen LogP contribution in [0.4, 0.5) is 0 Å². The van der Waals surface area contributed by atoms with E-state index in [-0.39, 0.29) is 12.3 Å². The number of nitrogens with one attached hydrogen (secondary N) is 1. The Bertz CT molecular complexity index is 517. The lowest BCUT2D eigenvalue weighted by molar-refractivity contribution is 0.186. The minimum absolute atomic E-state index is 0.0321. The number of hydrogen-bond donors (Lipinski definition) is 1. The highest BCUT2D eigenvalue weighted by molar-refractivity contribution is 5.95. The van der Waals surface area contributed by atoms with Crippen molar-refractivity contribution < 1.29 is 9.57 Å². The molecule has 1 aliphatic rings. The summed E-state index contributed by atoms with van der Waals surface area (Å²) in [7, 11) is 0. The zero-order chi connectivity index (χ0) is 13.1. The van der Waals surface area contributed by atoms with Crippen molar-refractivity contribution in [1.82, 2.24) is 5.48 Å². The van der Waals surface area contributed by atoms with Crippen LogP contribution in [0.25, 0.3) is 0 Å². The molecule has 0 aliphatic carbocycles. The summed E-state index contributed by atoms with van der Waals surface area (Å²) in [6.07, 6.45) is -0.0400. The van der Waals surface area contributed by atoms with Gasteiger partial charge in [-0.15, -0.1) is 5.48 Å². The van der Waals surface area contributed by atoms with Gasteiger partial charge in [0, 0.05) is 5.56 Å². The molecule has 1 heterocycles. The quantitative estimate of drug-likeness (QED) is 0.884. The first-order valence-corrected chi connectivity index (χ1v) is 5.81. The Balaban J connectivity index is 2.31. The van der Waals surface area contributed by atoms with Crippen molar-refractivity contribution in [1.29, 1.82) is 5.26 Å². The Morgan fingerprint density at radius 2 is 2.28 bits per heavy atom. The second-order valence-corrected chi connectivity index (χ2v) is 4.32. The fourth-order valence-corrected chi connectivity index (χ4v) is 1.61. The number of ether oxygens (including phenoxy) is 1. The Kier molecular flexibility index (Phi) is 3.49. The molecule has 0 spiro atoms. The number of nitrogens with zero attached hydrogens (tertiary/aromatic N) is 2. The lowest BCUT2D eigenvalue weighted by Crippen LogP contribution is -2.17. The summed E-state index contributed by atoms with van der Waals surface area (Å²) in [5.41, 5.74) is 3.98. The maximum Gasteiger partial charge on any atom is 0.242 e. The zero-order valence-electron chi connectivity index (χ0n) is 10.6. The Morgan fingerprint density at radius 3 is 2.83 bits per heavy atom. The molecule has 0 saturated carbocycles. The number of nitriles is 1. The van der Waals surface area contributed by atoms with Gasteiger partial charge in [-0.3, -0.25) is 0 Å². The summed E-state index contributed by atoms with van der Waals surface area (Å²) < 4.78 is 5.56. The number of rotatable bonds is 3. The molecule has 0 aromatic heterocycles. The van der Waals surface area contributed by atoms with Crippen molar-refractivity contribution in [2.75, 3.05) is 0 Å². The molecule has 5 heteroatoms. The molecule has 0 fully saturated rings. The molecule has 0 saturated heterocycles. The summed E-state index contributed by atoms with van der Waals surface area (Å²) in [5, 5.41) is 9.12. The first-order valence-electron chi connectivity index (χ1n) is 5.81. The third-order valence-corrected chi connectivity index (χ3v) is 2.35. The number of benzene rings is 1. The molecule has 0 radical (unpaired) electrons. The van der Waals surface area contributed by atoms with Crippen molar-refractivity contribution in [2.24, 2.45) is 4.99 Å². The second kappa shape index (κ2) is 5.07. The van der Waals surface area contributed by atoms with Crippen LogP contribution in [0.1, 0.15) is 31.9 Å². The summed E-state index contributed by atoms with van der Waals surface area (Å²) in [6.45, 7) is 5.73. The van der Waals surface area contributed by atoms with Crippen molar-refractivity contribution in [2.45, 2.75) is 33.0 Å². The first kappa shape index (κ1) is 12.4. The smallest absolute Gasteiger partial charge is 0.242 e. The third-order valence-electron chi connectivity index (χ3n) is 2.35. The van der Waals surface area contributed by atoms with E-state index in [0.29, 0.717) is 17.2 Å². The standard InChI is InChI=1S/C13H15N3O2/c1-8(2)17-12-5-4-10(6-11(12)7-14)13-15-9(3)16-18-13/h4-6,8-9,16H,1-3H3. The van der Waals surface area contributed by atoms with Gasteiger partial charge < -0.3 is 9.57 Å². The van der Waals surface area contributed by atoms with E-state index >= 15 is 0 Å². The van der Waals surface area contributed by atoms with Gasteiger partial charge >= 0.3 is 0 Å². The molecule has 5 nitrogen and oxygen atoms in total.